The van der Waals surface area contributed by atoms with Crippen LogP contribution in [0.2, 0.25) is 0 Å². The molecule has 5 heteroatoms. The van der Waals surface area contributed by atoms with Gasteiger partial charge >= 0.3 is 0 Å². The Labute approximate surface area is 135 Å². The maximum Gasteiger partial charge on any atom is 0.240 e. The lowest BCUT2D eigenvalue weighted by atomic mass is 9.91. The van der Waals surface area contributed by atoms with E-state index in [0.29, 0.717) is 23.3 Å². The Morgan fingerprint density at radius 3 is 2.27 bits per heavy atom. The number of nitrogens with zero attached hydrogens (tertiary/aromatic N) is 1. The van der Waals surface area contributed by atoms with E-state index in [2.05, 4.69) is 23.5 Å². The van der Waals surface area contributed by atoms with Gasteiger partial charge in [-0.3, -0.25) is 0 Å². The molecule has 0 unspecified atom stereocenters. The summed E-state index contributed by atoms with van der Waals surface area (Å²) < 4.78 is 27.0. The molecule has 4 nitrogen and oxygen atoms in total. The molecule has 1 aliphatic heterocycles. The number of anilines is 1. The Bertz CT molecular complexity index is 559. The molecular weight excluding hydrogens is 296 g/mol. The molecular formula is C17H28N2O2S. The highest BCUT2D eigenvalue weighted by Crippen LogP contribution is 2.27. The van der Waals surface area contributed by atoms with Crippen LogP contribution in [0.15, 0.2) is 29.2 Å². The summed E-state index contributed by atoms with van der Waals surface area (Å²) >= 11 is 0. The van der Waals surface area contributed by atoms with E-state index in [4.69, 9.17) is 0 Å². The molecule has 1 saturated heterocycles. The van der Waals surface area contributed by atoms with Crippen LogP contribution in [0.5, 0.6) is 0 Å². The van der Waals surface area contributed by atoms with Gasteiger partial charge in [-0.15, -0.1) is 0 Å². The third kappa shape index (κ3) is 4.46. The monoisotopic (exact) mass is 324 g/mol. The van der Waals surface area contributed by atoms with Crippen molar-refractivity contribution in [3.8, 4) is 0 Å². The molecule has 1 heterocycles. The lowest BCUT2D eigenvalue weighted by Gasteiger charge is -2.36. The molecule has 1 fully saturated rings. The lowest BCUT2D eigenvalue weighted by Crippen LogP contribution is -2.38. The number of piperidine rings is 1. The van der Waals surface area contributed by atoms with Crippen LogP contribution in [0.25, 0.3) is 0 Å². The molecule has 2 atom stereocenters. The third-order valence-electron chi connectivity index (χ3n) is 4.20. The van der Waals surface area contributed by atoms with Crippen LogP contribution in [0.4, 0.5) is 5.69 Å². The first-order chi connectivity index (χ1) is 10.4. The fourth-order valence-corrected chi connectivity index (χ4v) is 4.25. The quantitative estimate of drug-likeness (QED) is 0.817. The van der Waals surface area contributed by atoms with Gasteiger partial charge in [-0.2, -0.15) is 0 Å². The zero-order valence-electron chi connectivity index (χ0n) is 13.9. The number of unbranched alkanes of at least 4 members (excludes halogenated alkanes) is 1. The van der Waals surface area contributed by atoms with Crippen molar-refractivity contribution in [1.82, 2.24) is 4.72 Å². The van der Waals surface area contributed by atoms with E-state index in [-0.39, 0.29) is 0 Å². The molecule has 1 aliphatic rings. The summed E-state index contributed by atoms with van der Waals surface area (Å²) in [6, 6.07) is 7.29. The molecule has 0 radical (unpaired) electrons. The molecule has 1 aromatic rings. The van der Waals surface area contributed by atoms with Crippen LogP contribution >= 0.6 is 0 Å². The molecule has 0 aliphatic carbocycles. The fourth-order valence-electron chi connectivity index (χ4n) is 3.18. The van der Waals surface area contributed by atoms with Gasteiger partial charge in [-0.05, 0) is 48.9 Å². The summed E-state index contributed by atoms with van der Waals surface area (Å²) in [7, 11) is -3.37. The average molecular weight is 324 g/mol. The molecule has 0 saturated carbocycles. The smallest absolute Gasteiger partial charge is 0.240 e. The van der Waals surface area contributed by atoms with Crippen molar-refractivity contribution < 1.29 is 8.42 Å². The van der Waals surface area contributed by atoms with Gasteiger partial charge in [0.05, 0.1) is 4.90 Å². The van der Waals surface area contributed by atoms with Gasteiger partial charge < -0.3 is 4.90 Å². The predicted molar refractivity (Wildman–Crippen MR) is 91.7 cm³/mol. The van der Waals surface area contributed by atoms with Gasteiger partial charge in [0.25, 0.3) is 0 Å². The highest BCUT2D eigenvalue weighted by Gasteiger charge is 2.22. The van der Waals surface area contributed by atoms with Gasteiger partial charge in [-0.1, -0.05) is 27.2 Å². The second-order valence-corrected chi connectivity index (χ2v) is 8.36. The van der Waals surface area contributed by atoms with Crippen LogP contribution in [0.3, 0.4) is 0 Å². The van der Waals surface area contributed by atoms with Crippen molar-refractivity contribution in [2.45, 2.75) is 44.9 Å². The van der Waals surface area contributed by atoms with Crippen LogP contribution in [-0.2, 0) is 10.0 Å². The van der Waals surface area contributed by atoms with Crippen molar-refractivity contribution in [2.75, 3.05) is 24.5 Å². The number of rotatable bonds is 6. The van der Waals surface area contributed by atoms with Gasteiger partial charge in [-0.25, -0.2) is 13.1 Å². The molecule has 1 aromatic carbocycles. The van der Waals surface area contributed by atoms with E-state index >= 15 is 0 Å². The second kappa shape index (κ2) is 7.47. The van der Waals surface area contributed by atoms with Gasteiger partial charge in [0.15, 0.2) is 0 Å². The summed E-state index contributed by atoms with van der Waals surface area (Å²) in [5.41, 5.74) is 1.12. The molecule has 124 valence electrons. The standard InChI is InChI=1S/C17H28N2O2S/c1-4-5-10-18-22(20,21)17-8-6-16(7-9-17)19-12-14(2)11-15(3)13-19/h6-9,14-15,18H,4-5,10-13H2,1-3H3/t14-,15-/m1/s1. The minimum absolute atomic E-state index is 0.352. The Morgan fingerprint density at radius 1 is 1.14 bits per heavy atom. The minimum Gasteiger partial charge on any atom is -0.371 e. The van der Waals surface area contributed by atoms with Gasteiger partial charge in [0, 0.05) is 25.3 Å². The van der Waals surface area contributed by atoms with Crippen molar-refractivity contribution >= 4 is 15.7 Å². The molecule has 0 bridgehead atoms. The SMILES string of the molecule is CCCCNS(=O)(=O)c1ccc(N2C[C@H](C)C[C@@H](C)C2)cc1. The van der Waals surface area contributed by atoms with Gasteiger partial charge in [0.2, 0.25) is 10.0 Å². The minimum atomic E-state index is -3.37. The average Bonchev–Trinajstić information content (AvgIpc) is 2.46. The van der Waals surface area contributed by atoms with Crippen LogP contribution < -0.4 is 9.62 Å². The topological polar surface area (TPSA) is 49.4 Å². The van der Waals surface area contributed by atoms with E-state index in [9.17, 15) is 8.42 Å². The number of nitrogens with one attached hydrogen (secondary N) is 1. The first kappa shape index (κ1) is 17.3. The Morgan fingerprint density at radius 2 is 1.73 bits per heavy atom. The highest BCUT2D eigenvalue weighted by atomic mass is 32.2. The second-order valence-electron chi connectivity index (χ2n) is 6.60. The first-order valence-electron chi connectivity index (χ1n) is 8.27. The zero-order valence-corrected chi connectivity index (χ0v) is 14.7. The Balaban J connectivity index is 2.06. The van der Waals surface area contributed by atoms with Crippen molar-refractivity contribution in [1.29, 1.82) is 0 Å². The third-order valence-corrected chi connectivity index (χ3v) is 5.68. The normalized spacial score (nSPS) is 22.8. The summed E-state index contributed by atoms with van der Waals surface area (Å²) in [6.45, 7) is 9.19. The first-order valence-corrected chi connectivity index (χ1v) is 9.75. The number of hydrogen-bond acceptors (Lipinski definition) is 3. The van der Waals surface area contributed by atoms with Crippen LogP contribution in [0, 0.1) is 11.8 Å². The molecule has 2 rings (SSSR count). The Hall–Kier alpha value is -1.07. The van der Waals surface area contributed by atoms with E-state index in [1.165, 1.54) is 6.42 Å². The fraction of sp³-hybridized carbons (Fsp3) is 0.647. The van der Waals surface area contributed by atoms with E-state index < -0.39 is 10.0 Å². The Kier molecular flexibility index (Phi) is 5.87. The maximum atomic E-state index is 12.2. The molecule has 22 heavy (non-hydrogen) atoms. The molecule has 0 amide bonds. The largest absolute Gasteiger partial charge is 0.371 e. The maximum absolute atomic E-state index is 12.2. The highest BCUT2D eigenvalue weighted by molar-refractivity contribution is 7.89. The summed E-state index contributed by atoms with van der Waals surface area (Å²) in [6.07, 6.45) is 3.11. The summed E-state index contributed by atoms with van der Waals surface area (Å²) in [4.78, 5) is 2.71. The van der Waals surface area contributed by atoms with E-state index in [1.54, 1.807) is 12.1 Å². The molecule has 1 N–H and O–H groups in total. The number of benzene rings is 1. The molecule has 0 spiro atoms. The van der Waals surface area contributed by atoms with Crippen molar-refractivity contribution in [3.05, 3.63) is 24.3 Å². The predicted octanol–water partition coefficient (Wildman–Crippen LogP) is 3.25. The van der Waals surface area contributed by atoms with Crippen molar-refractivity contribution in [2.24, 2.45) is 11.8 Å². The van der Waals surface area contributed by atoms with Crippen LogP contribution in [-0.4, -0.2) is 28.1 Å². The zero-order chi connectivity index (χ0) is 16.2. The number of sulfonamides is 1. The number of hydrogen-bond donors (Lipinski definition) is 1. The van der Waals surface area contributed by atoms with Crippen LogP contribution in [0.1, 0.15) is 40.0 Å². The molecule has 0 aromatic heterocycles. The van der Waals surface area contributed by atoms with E-state index in [1.807, 2.05) is 19.1 Å². The summed E-state index contributed by atoms with van der Waals surface area (Å²) in [5, 5.41) is 0. The van der Waals surface area contributed by atoms with Gasteiger partial charge in [0.1, 0.15) is 0 Å². The van der Waals surface area contributed by atoms with Crippen molar-refractivity contribution in [3.63, 3.8) is 0 Å². The lowest BCUT2D eigenvalue weighted by molar-refractivity contribution is 0.357. The van der Waals surface area contributed by atoms with E-state index in [0.717, 1.165) is 31.6 Å². The summed E-state index contributed by atoms with van der Waals surface area (Å²) in [5.74, 6) is 1.37.